The van der Waals surface area contributed by atoms with Crippen LogP contribution < -0.4 is 0 Å². The SMILES string of the molecule is CCN(CCO)Cc1cccn1-c1nccs1. The van der Waals surface area contributed by atoms with Crippen LogP contribution in [0.5, 0.6) is 0 Å². The van der Waals surface area contributed by atoms with Gasteiger partial charge in [-0.05, 0) is 18.7 Å². The molecule has 0 radical (unpaired) electrons. The average Bonchev–Trinajstić information content (AvgIpc) is 2.98. The number of aliphatic hydroxyl groups is 1. The van der Waals surface area contributed by atoms with Crippen LogP contribution >= 0.6 is 11.3 Å². The lowest BCUT2D eigenvalue weighted by atomic mass is 10.3. The lowest BCUT2D eigenvalue weighted by Crippen LogP contribution is -2.27. The summed E-state index contributed by atoms with van der Waals surface area (Å²) >= 11 is 1.63. The molecule has 0 saturated heterocycles. The largest absolute Gasteiger partial charge is 0.395 e. The van der Waals surface area contributed by atoms with Gasteiger partial charge in [-0.2, -0.15) is 0 Å². The highest BCUT2D eigenvalue weighted by Crippen LogP contribution is 2.16. The van der Waals surface area contributed by atoms with E-state index in [1.54, 1.807) is 11.3 Å². The number of nitrogens with zero attached hydrogens (tertiary/aromatic N) is 3. The Bertz CT molecular complexity index is 438. The lowest BCUT2D eigenvalue weighted by molar-refractivity contribution is 0.195. The first-order valence-corrected chi connectivity index (χ1v) is 6.62. The second-order valence-electron chi connectivity index (χ2n) is 3.78. The minimum absolute atomic E-state index is 0.200. The number of rotatable bonds is 6. The second-order valence-corrected chi connectivity index (χ2v) is 4.65. The third kappa shape index (κ3) is 2.94. The fourth-order valence-electron chi connectivity index (χ4n) is 1.79. The van der Waals surface area contributed by atoms with Crippen LogP contribution in [0.3, 0.4) is 0 Å². The summed E-state index contributed by atoms with van der Waals surface area (Å²) in [5, 5.41) is 12.0. The van der Waals surface area contributed by atoms with Crippen molar-refractivity contribution in [2.24, 2.45) is 0 Å². The molecule has 1 N–H and O–H groups in total. The highest BCUT2D eigenvalue weighted by Gasteiger charge is 2.09. The molecule has 0 aromatic carbocycles. The molecule has 0 saturated carbocycles. The van der Waals surface area contributed by atoms with Crippen molar-refractivity contribution in [3.63, 3.8) is 0 Å². The molecule has 2 rings (SSSR count). The quantitative estimate of drug-likeness (QED) is 0.850. The molecule has 0 aliphatic carbocycles. The summed E-state index contributed by atoms with van der Waals surface area (Å²) in [7, 11) is 0. The number of hydrogen-bond acceptors (Lipinski definition) is 4. The van der Waals surface area contributed by atoms with Gasteiger partial charge in [-0.25, -0.2) is 4.98 Å². The third-order valence-corrected chi connectivity index (χ3v) is 3.48. The molecule has 0 amide bonds. The Kier molecular flexibility index (Phi) is 4.30. The van der Waals surface area contributed by atoms with E-state index >= 15 is 0 Å². The number of thiazole rings is 1. The summed E-state index contributed by atoms with van der Waals surface area (Å²) in [4.78, 5) is 6.52. The van der Waals surface area contributed by atoms with E-state index < -0.39 is 0 Å². The minimum atomic E-state index is 0.200. The standard InChI is InChI=1S/C12H17N3OS/c1-2-14(7-8-16)10-11-4-3-6-15(11)12-13-5-9-17-12/h3-6,9,16H,2,7-8,10H2,1H3. The van der Waals surface area contributed by atoms with E-state index in [-0.39, 0.29) is 6.61 Å². The monoisotopic (exact) mass is 251 g/mol. The Labute approximate surface area is 105 Å². The van der Waals surface area contributed by atoms with Gasteiger partial charge >= 0.3 is 0 Å². The van der Waals surface area contributed by atoms with Crippen molar-refractivity contribution in [3.05, 3.63) is 35.6 Å². The molecule has 0 spiro atoms. The molecule has 2 aromatic heterocycles. The number of aliphatic hydroxyl groups excluding tert-OH is 1. The van der Waals surface area contributed by atoms with Gasteiger partial charge in [0, 0.05) is 36.6 Å². The summed E-state index contributed by atoms with van der Waals surface area (Å²) in [5.74, 6) is 0. The van der Waals surface area contributed by atoms with Crippen LogP contribution in [0.1, 0.15) is 12.6 Å². The van der Waals surface area contributed by atoms with E-state index in [1.807, 2.05) is 23.8 Å². The summed E-state index contributed by atoms with van der Waals surface area (Å²) in [6.45, 7) is 4.78. The van der Waals surface area contributed by atoms with Gasteiger partial charge in [0.25, 0.3) is 0 Å². The molecule has 0 unspecified atom stereocenters. The number of aromatic nitrogens is 2. The van der Waals surface area contributed by atoms with Crippen molar-refractivity contribution in [2.75, 3.05) is 19.7 Å². The van der Waals surface area contributed by atoms with E-state index in [9.17, 15) is 0 Å². The Morgan fingerprint density at radius 2 is 2.41 bits per heavy atom. The third-order valence-electron chi connectivity index (χ3n) is 2.71. The van der Waals surface area contributed by atoms with E-state index in [0.717, 1.165) is 18.2 Å². The Morgan fingerprint density at radius 1 is 1.53 bits per heavy atom. The fourth-order valence-corrected chi connectivity index (χ4v) is 2.44. The first-order valence-electron chi connectivity index (χ1n) is 5.74. The van der Waals surface area contributed by atoms with Crippen LogP contribution in [0, 0.1) is 0 Å². The molecular formula is C12H17N3OS. The van der Waals surface area contributed by atoms with Crippen LogP contribution in [0.25, 0.3) is 5.13 Å². The molecule has 0 aliphatic heterocycles. The molecule has 4 nitrogen and oxygen atoms in total. The molecule has 17 heavy (non-hydrogen) atoms. The zero-order valence-electron chi connectivity index (χ0n) is 9.91. The van der Waals surface area contributed by atoms with Gasteiger partial charge in [0.1, 0.15) is 0 Å². The zero-order chi connectivity index (χ0) is 12.1. The topological polar surface area (TPSA) is 41.3 Å². The number of hydrogen-bond donors (Lipinski definition) is 1. The van der Waals surface area contributed by atoms with E-state index in [2.05, 4.69) is 27.4 Å². The van der Waals surface area contributed by atoms with Crippen LogP contribution in [0.15, 0.2) is 29.9 Å². The summed E-state index contributed by atoms with van der Waals surface area (Å²) < 4.78 is 2.10. The van der Waals surface area contributed by atoms with Crippen LogP contribution in [-0.2, 0) is 6.54 Å². The molecule has 0 aliphatic rings. The predicted molar refractivity (Wildman–Crippen MR) is 69.5 cm³/mol. The van der Waals surface area contributed by atoms with Gasteiger partial charge in [-0.15, -0.1) is 11.3 Å². The highest BCUT2D eigenvalue weighted by molar-refractivity contribution is 7.12. The van der Waals surface area contributed by atoms with Crippen molar-refractivity contribution < 1.29 is 5.11 Å². The second kappa shape index (κ2) is 5.95. The molecule has 0 fully saturated rings. The molecule has 2 aromatic rings. The first-order chi connectivity index (χ1) is 8.35. The lowest BCUT2D eigenvalue weighted by Gasteiger charge is -2.19. The van der Waals surface area contributed by atoms with Crippen LogP contribution in [0.2, 0.25) is 0 Å². The summed E-state index contributed by atoms with van der Waals surface area (Å²) in [6.07, 6.45) is 3.84. The van der Waals surface area contributed by atoms with Crippen molar-refractivity contribution in [1.29, 1.82) is 0 Å². The van der Waals surface area contributed by atoms with Gasteiger partial charge in [0.05, 0.1) is 6.61 Å². The van der Waals surface area contributed by atoms with Crippen molar-refractivity contribution >= 4 is 11.3 Å². The maximum atomic E-state index is 8.99. The normalized spacial score (nSPS) is 11.2. The minimum Gasteiger partial charge on any atom is -0.395 e. The molecule has 5 heteroatoms. The molecule has 92 valence electrons. The summed E-state index contributed by atoms with van der Waals surface area (Å²) in [5.41, 5.74) is 1.20. The summed E-state index contributed by atoms with van der Waals surface area (Å²) in [6, 6.07) is 4.13. The van der Waals surface area contributed by atoms with E-state index in [4.69, 9.17) is 5.11 Å². The molecule has 0 atom stereocenters. The Hall–Kier alpha value is -1.17. The maximum Gasteiger partial charge on any atom is 0.193 e. The van der Waals surface area contributed by atoms with Gasteiger partial charge in [-0.1, -0.05) is 6.92 Å². The molecular weight excluding hydrogens is 234 g/mol. The first kappa shape index (κ1) is 12.3. The Balaban J connectivity index is 2.14. The van der Waals surface area contributed by atoms with Gasteiger partial charge in [0.2, 0.25) is 0 Å². The van der Waals surface area contributed by atoms with Gasteiger partial charge in [-0.3, -0.25) is 9.47 Å². The smallest absolute Gasteiger partial charge is 0.193 e. The molecule has 2 heterocycles. The zero-order valence-corrected chi connectivity index (χ0v) is 10.7. The highest BCUT2D eigenvalue weighted by atomic mass is 32.1. The predicted octanol–water partition coefficient (Wildman–Crippen LogP) is 1.75. The van der Waals surface area contributed by atoms with E-state index in [1.165, 1.54) is 5.69 Å². The van der Waals surface area contributed by atoms with Crippen LogP contribution in [-0.4, -0.2) is 39.3 Å². The fraction of sp³-hybridized carbons (Fsp3) is 0.417. The van der Waals surface area contributed by atoms with E-state index in [0.29, 0.717) is 6.54 Å². The van der Waals surface area contributed by atoms with Crippen molar-refractivity contribution in [2.45, 2.75) is 13.5 Å². The maximum absolute atomic E-state index is 8.99. The van der Waals surface area contributed by atoms with Crippen LogP contribution in [0.4, 0.5) is 0 Å². The van der Waals surface area contributed by atoms with Gasteiger partial charge in [0.15, 0.2) is 5.13 Å². The van der Waals surface area contributed by atoms with Crippen molar-refractivity contribution in [1.82, 2.24) is 14.5 Å². The van der Waals surface area contributed by atoms with Gasteiger partial charge < -0.3 is 5.11 Å². The Morgan fingerprint density at radius 3 is 3.06 bits per heavy atom. The van der Waals surface area contributed by atoms with Crippen molar-refractivity contribution in [3.8, 4) is 5.13 Å². The molecule has 0 bridgehead atoms. The number of likely N-dealkylation sites (N-methyl/N-ethyl adjacent to an activating group) is 1. The average molecular weight is 251 g/mol.